The number of ether oxygens (including phenoxy) is 1. The van der Waals surface area contributed by atoms with Gasteiger partial charge in [-0.3, -0.25) is 19.7 Å². The van der Waals surface area contributed by atoms with Crippen LogP contribution in [0.1, 0.15) is 5.56 Å². The van der Waals surface area contributed by atoms with Gasteiger partial charge in [0.15, 0.2) is 0 Å². The molecule has 8 nitrogen and oxygen atoms in total. The van der Waals surface area contributed by atoms with E-state index in [1.54, 1.807) is 18.2 Å². The van der Waals surface area contributed by atoms with E-state index >= 15 is 0 Å². The number of hydrogen-bond acceptors (Lipinski definition) is 6. The molecule has 0 saturated heterocycles. The van der Waals surface area contributed by atoms with Gasteiger partial charge >= 0.3 is 0 Å². The first-order valence-corrected chi connectivity index (χ1v) is 9.59. The molecule has 2 amide bonds. The van der Waals surface area contributed by atoms with Crippen molar-refractivity contribution >= 4 is 52.2 Å². The maximum atomic E-state index is 12.1. The lowest BCUT2D eigenvalue weighted by Gasteiger charge is -2.12. The minimum atomic E-state index is -0.540. The summed E-state index contributed by atoms with van der Waals surface area (Å²) in [6.45, 7) is 1.81. The van der Waals surface area contributed by atoms with Crippen molar-refractivity contribution < 1.29 is 19.2 Å². The SMILES string of the molecule is COc1cc(Cl)c(C)cc1NC(=O)CSCC(=O)Nc1cccc([N+](=O)[O-])c1. The summed E-state index contributed by atoms with van der Waals surface area (Å²) in [5.41, 5.74) is 1.50. The first kappa shape index (κ1) is 21.5. The number of hydrogen-bond donors (Lipinski definition) is 2. The fraction of sp³-hybridized carbons (Fsp3) is 0.222. The molecule has 0 spiro atoms. The first-order valence-electron chi connectivity index (χ1n) is 8.06. The summed E-state index contributed by atoms with van der Waals surface area (Å²) < 4.78 is 5.20. The lowest BCUT2D eigenvalue weighted by Crippen LogP contribution is -2.18. The Morgan fingerprint density at radius 3 is 2.50 bits per heavy atom. The van der Waals surface area contributed by atoms with E-state index < -0.39 is 4.92 Å². The number of nitrogens with zero attached hydrogens (tertiary/aromatic N) is 1. The van der Waals surface area contributed by atoms with Gasteiger partial charge in [-0.1, -0.05) is 17.7 Å². The number of nitrogens with one attached hydrogen (secondary N) is 2. The average molecular weight is 424 g/mol. The van der Waals surface area contributed by atoms with Gasteiger partial charge in [-0.05, 0) is 24.6 Å². The predicted octanol–water partition coefficient (Wildman–Crippen LogP) is 3.88. The maximum absolute atomic E-state index is 12.1. The van der Waals surface area contributed by atoms with Crippen LogP contribution >= 0.6 is 23.4 Å². The lowest BCUT2D eigenvalue weighted by molar-refractivity contribution is -0.384. The number of amides is 2. The van der Waals surface area contributed by atoms with E-state index in [-0.39, 0.29) is 29.0 Å². The third-order valence-corrected chi connectivity index (χ3v) is 4.90. The quantitative estimate of drug-likeness (QED) is 0.492. The normalized spacial score (nSPS) is 10.2. The number of rotatable bonds is 8. The second kappa shape index (κ2) is 9.95. The minimum Gasteiger partial charge on any atom is -0.495 e. The summed E-state index contributed by atoms with van der Waals surface area (Å²) >= 11 is 7.15. The van der Waals surface area contributed by atoms with Gasteiger partial charge in [0.05, 0.1) is 29.2 Å². The highest BCUT2D eigenvalue weighted by atomic mass is 35.5. The van der Waals surface area contributed by atoms with E-state index in [1.165, 1.54) is 25.3 Å². The number of methoxy groups -OCH3 is 1. The molecule has 2 aromatic rings. The zero-order valence-electron chi connectivity index (χ0n) is 15.2. The number of carbonyl (C=O) groups is 2. The van der Waals surface area contributed by atoms with Crippen molar-refractivity contribution in [2.24, 2.45) is 0 Å². The Labute approximate surface area is 170 Å². The van der Waals surface area contributed by atoms with Crippen molar-refractivity contribution in [1.29, 1.82) is 0 Å². The molecule has 2 rings (SSSR count). The molecule has 0 atom stereocenters. The summed E-state index contributed by atoms with van der Waals surface area (Å²) in [5, 5.41) is 16.6. The largest absolute Gasteiger partial charge is 0.495 e. The minimum absolute atomic E-state index is 0.0207. The fourth-order valence-electron chi connectivity index (χ4n) is 2.25. The van der Waals surface area contributed by atoms with Crippen molar-refractivity contribution in [3.63, 3.8) is 0 Å². The fourth-order valence-corrected chi connectivity index (χ4v) is 3.02. The monoisotopic (exact) mass is 423 g/mol. The zero-order valence-corrected chi connectivity index (χ0v) is 16.7. The molecule has 2 N–H and O–H groups in total. The Hall–Kier alpha value is -2.78. The van der Waals surface area contributed by atoms with Crippen LogP contribution in [0.5, 0.6) is 5.75 Å². The molecule has 148 valence electrons. The van der Waals surface area contributed by atoms with Crippen LogP contribution in [0.25, 0.3) is 0 Å². The smallest absolute Gasteiger partial charge is 0.271 e. The molecule has 0 heterocycles. The number of thioether (sulfide) groups is 1. The first-order chi connectivity index (χ1) is 13.3. The van der Waals surface area contributed by atoms with Gasteiger partial charge in [-0.15, -0.1) is 11.8 Å². The average Bonchev–Trinajstić information content (AvgIpc) is 2.64. The number of non-ortho nitro benzene ring substituents is 1. The molecular formula is C18H18ClN3O5S. The van der Waals surface area contributed by atoms with E-state index in [0.717, 1.165) is 17.3 Å². The molecule has 0 bridgehead atoms. The highest BCUT2D eigenvalue weighted by molar-refractivity contribution is 8.00. The van der Waals surface area contributed by atoms with Gasteiger partial charge in [-0.2, -0.15) is 0 Å². The number of benzene rings is 2. The number of anilines is 2. The van der Waals surface area contributed by atoms with Crippen LogP contribution in [-0.2, 0) is 9.59 Å². The van der Waals surface area contributed by atoms with Crippen LogP contribution < -0.4 is 15.4 Å². The molecule has 0 unspecified atom stereocenters. The molecule has 2 aromatic carbocycles. The summed E-state index contributed by atoms with van der Waals surface area (Å²) in [6, 6.07) is 8.96. The van der Waals surface area contributed by atoms with Gasteiger partial charge < -0.3 is 15.4 Å². The van der Waals surface area contributed by atoms with Crippen LogP contribution in [-0.4, -0.2) is 35.4 Å². The third kappa shape index (κ3) is 6.14. The lowest BCUT2D eigenvalue weighted by atomic mass is 10.2. The number of nitro groups is 1. The molecule has 0 radical (unpaired) electrons. The van der Waals surface area contributed by atoms with Crippen molar-refractivity contribution in [3.05, 3.63) is 57.1 Å². The number of nitro benzene ring substituents is 1. The molecular weight excluding hydrogens is 406 g/mol. The van der Waals surface area contributed by atoms with Gasteiger partial charge in [0.25, 0.3) is 5.69 Å². The van der Waals surface area contributed by atoms with E-state index in [1.807, 2.05) is 6.92 Å². The highest BCUT2D eigenvalue weighted by Crippen LogP contribution is 2.31. The van der Waals surface area contributed by atoms with Crippen LogP contribution in [0.2, 0.25) is 5.02 Å². The Balaban J connectivity index is 1.84. The second-order valence-electron chi connectivity index (χ2n) is 5.70. The topological polar surface area (TPSA) is 111 Å². The molecule has 0 aliphatic heterocycles. The Morgan fingerprint density at radius 2 is 1.86 bits per heavy atom. The zero-order chi connectivity index (χ0) is 20.7. The van der Waals surface area contributed by atoms with Crippen LogP contribution in [0.3, 0.4) is 0 Å². The van der Waals surface area contributed by atoms with Gasteiger partial charge in [0.2, 0.25) is 11.8 Å². The van der Waals surface area contributed by atoms with Crippen LogP contribution in [0.15, 0.2) is 36.4 Å². The summed E-state index contributed by atoms with van der Waals surface area (Å²) in [7, 11) is 1.48. The number of carbonyl (C=O) groups excluding carboxylic acids is 2. The van der Waals surface area contributed by atoms with Crippen molar-refractivity contribution in [2.75, 3.05) is 29.2 Å². The highest BCUT2D eigenvalue weighted by Gasteiger charge is 2.12. The molecule has 28 heavy (non-hydrogen) atoms. The number of aryl methyl sites for hydroxylation is 1. The van der Waals surface area contributed by atoms with E-state index in [4.69, 9.17) is 16.3 Å². The molecule has 0 aliphatic rings. The molecule has 10 heteroatoms. The van der Waals surface area contributed by atoms with Crippen molar-refractivity contribution in [2.45, 2.75) is 6.92 Å². The van der Waals surface area contributed by atoms with E-state index in [0.29, 0.717) is 22.1 Å². The van der Waals surface area contributed by atoms with Gasteiger partial charge in [0, 0.05) is 28.9 Å². The molecule has 0 fully saturated rings. The van der Waals surface area contributed by atoms with Gasteiger partial charge in [0.1, 0.15) is 5.75 Å². The third-order valence-electron chi connectivity index (χ3n) is 3.56. The summed E-state index contributed by atoms with van der Waals surface area (Å²) in [4.78, 5) is 34.3. The summed E-state index contributed by atoms with van der Waals surface area (Å²) in [6.07, 6.45) is 0. The Bertz CT molecular complexity index is 907. The molecule has 0 aliphatic carbocycles. The molecule has 0 saturated carbocycles. The molecule has 0 aromatic heterocycles. The van der Waals surface area contributed by atoms with Crippen molar-refractivity contribution in [1.82, 2.24) is 0 Å². The maximum Gasteiger partial charge on any atom is 0.271 e. The predicted molar refractivity (Wildman–Crippen MR) is 110 cm³/mol. The standard InChI is InChI=1S/C18H18ClN3O5S/c1-11-6-15(16(27-2)8-14(11)19)21-18(24)10-28-9-17(23)20-12-4-3-5-13(7-12)22(25)26/h3-8H,9-10H2,1-2H3,(H,20,23)(H,21,24). The second-order valence-corrected chi connectivity index (χ2v) is 7.09. The van der Waals surface area contributed by atoms with Crippen molar-refractivity contribution in [3.8, 4) is 5.75 Å². The van der Waals surface area contributed by atoms with Crippen LogP contribution in [0, 0.1) is 17.0 Å². The van der Waals surface area contributed by atoms with E-state index in [2.05, 4.69) is 10.6 Å². The Kier molecular flexibility index (Phi) is 7.65. The van der Waals surface area contributed by atoms with Crippen LogP contribution in [0.4, 0.5) is 17.1 Å². The van der Waals surface area contributed by atoms with Gasteiger partial charge in [-0.25, -0.2) is 0 Å². The van der Waals surface area contributed by atoms with E-state index in [9.17, 15) is 19.7 Å². The number of halogens is 1. The summed E-state index contributed by atoms with van der Waals surface area (Å²) in [5.74, 6) is -0.149. The Morgan fingerprint density at radius 1 is 1.18 bits per heavy atom.